The number of phenols is 1. The van der Waals surface area contributed by atoms with Crippen molar-refractivity contribution in [3.05, 3.63) is 28.3 Å². The van der Waals surface area contributed by atoms with E-state index in [4.69, 9.17) is 22.0 Å². The zero-order valence-corrected chi connectivity index (χ0v) is 8.98. The van der Waals surface area contributed by atoms with Gasteiger partial charge in [-0.25, -0.2) is 8.78 Å². The normalized spacial score (nSPS) is 17.6. The van der Waals surface area contributed by atoms with Gasteiger partial charge in [0.1, 0.15) is 16.6 Å². The second-order valence-electron chi connectivity index (χ2n) is 3.93. The van der Waals surface area contributed by atoms with Gasteiger partial charge in [-0.2, -0.15) is 5.26 Å². The quantitative estimate of drug-likeness (QED) is 0.770. The summed E-state index contributed by atoms with van der Waals surface area (Å²) >= 11 is 5.50. The Balaban J connectivity index is 2.66. The standard InChI is InChI=1S/C11H8ClF2NO/c12-9-7(16)4-6(13)8(10(9)14)11(5-15)2-1-3-11/h4,16H,1-3H2. The second-order valence-corrected chi connectivity index (χ2v) is 4.31. The summed E-state index contributed by atoms with van der Waals surface area (Å²) in [5, 5.41) is 17.6. The minimum Gasteiger partial charge on any atom is -0.506 e. The van der Waals surface area contributed by atoms with Crippen LogP contribution in [0.25, 0.3) is 0 Å². The molecule has 0 saturated heterocycles. The molecule has 2 rings (SSSR count). The highest BCUT2D eigenvalue weighted by atomic mass is 35.5. The summed E-state index contributed by atoms with van der Waals surface area (Å²) in [6.07, 6.45) is 1.59. The van der Waals surface area contributed by atoms with Crippen LogP contribution < -0.4 is 0 Å². The molecule has 2 nitrogen and oxygen atoms in total. The summed E-state index contributed by atoms with van der Waals surface area (Å²) in [5.74, 6) is -2.59. The van der Waals surface area contributed by atoms with Crippen LogP contribution >= 0.6 is 11.6 Å². The highest BCUT2D eigenvalue weighted by molar-refractivity contribution is 6.32. The minimum atomic E-state index is -1.12. The van der Waals surface area contributed by atoms with E-state index in [9.17, 15) is 8.78 Å². The summed E-state index contributed by atoms with van der Waals surface area (Å²) in [7, 11) is 0. The molecule has 84 valence electrons. The molecule has 1 fully saturated rings. The Labute approximate surface area is 96.1 Å². The third-order valence-corrected chi connectivity index (χ3v) is 3.40. The van der Waals surface area contributed by atoms with Crippen molar-refractivity contribution >= 4 is 11.6 Å². The van der Waals surface area contributed by atoms with Gasteiger partial charge in [0.15, 0.2) is 5.82 Å². The van der Waals surface area contributed by atoms with Crippen molar-refractivity contribution in [3.8, 4) is 11.8 Å². The Morgan fingerprint density at radius 2 is 2.06 bits per heavy atom. The van der Waals surface area contributed by atoms with E-state index >= 15 is 0 Å². The number of hydrogen-bond acceptors (Lipinski definition) is 2. The monoisotopic (exact) mass is 243 g/mol. The molecule has 1 saturated carbocycles. The summed E-state index contributed by atoms with van der Waals surface area (Å²) in [6, 6.07) is 2.69. The smallest absolute Gasteiger partial charge is 0.153 e. The Hall–Kier alpha value is -1.34. The van der Waals surface area contributed by atoms with Gasteiger partial charge in [-0.3, -0.25) is 0 Å². The molecule has 1 aromatic rings. The van der Waals surface area contributed by atoms with Crippen LogP contribution in [0.1, 0.15) is 24.8 Å². The molecule has 0 aromatic heterocycles. The molecule has 0 amide bonds. The van der Waals surface area contributed by atoms with Gasteiger partial charge >= 0.3 is 0 Å². The van der Waals surface area contributed by atoms with Crippen molar-refractivity contribution < 1.29 is 13.9 Å². The molecule has 1 aliphatic rings. The van der Waals surface area contributed by atoms with Crippen molar-refractivity contribution in [3.63, 3.8) is 0 Å². The Kier molecular flexibility index (Phi) is 2.51. The SMILES string of the molecule is N#CC1(c2c(F)cc(O)c(Cl)c2F)CCC1. The van der Waals surface area contributed by atoms with E-state index in [1.54, 1.807) is 0 Å². The molecule has 1 N–H and O–H groups in total. The number of rotatable bonds is 1. The first-order valence-corrected chi connectivity index (χ1v) is 5.18. The summed E-state index contributed by atoms with van der Waals surface area (Å²) in [4.78, 5) is 0. The lowest BCUT2D eigenvalue weighted by atomic mass is 9.65. The molecule has 0 heterocycles. The van der Waals surface area contributed by atoms with Gasteiger partial charge in [0, 0.05) is 11.6 Å². The first-order chi connectivity index (χ1) is 7.52. The Bertz CT molecular complexity index is 492. The van der Waals surface area contributed by atoms with Crippen LogP contribution in [0.3, 0.4) is 0 Å². The maximum atomic E-state index is 13.7. The fourth-order valence-corrected chi connectivity index (χ4v) is 2.12. The summed E-state index contributed by atoms with van der Waals surface area (Å²) < 4.78 is 27.3. The van der Waals surface area contributed by atoms with Crippen LogP contribution in [-0.4, -0.2) is 5.11 Å². The van der Waals surface area contributed by atoms with Gasteiger partial charge in [-0.15, -0.1) is 0 Å². The molecule has 1 aliphatic carbocycles. The third kappa shape index (κ3) is 1.35. The van der Waals surface area contributed by atoms with E-state index < -0.39 is 27.8 Å². The summed E-state index contributed by atoms with van der Waals surface area (Å²) in [5.41, 5.74) is -1.44. The van der Waals surface area contributed by atoms with Crippen molar-refractivity contribution in [1.82, 2.24) is 0 Å². The van der Waals surface area contributed by atoms with Gasteiger partial charge in [0.05, 0.1) is 11.5 Å². The van der Waals surface area contributed by atoms with Gasteiger partial charge in [0.2, 0.25) is 0 Å². The molecule has 16 heavy (non-hydrogen) atoms. The minimum absolute atomic E-state index is 0.316. The summed E-state index contributed by atoms with van der Waals surface area (Å²) in [6.45, 7) is 0. The van der Waals surface area contributed by atoms with Gasteiger partial charge < -0.3 is 5.11 Å². The van der Waals surface area contributed by atoms with Crippen molar-refractivity contribution in [1.29, 1.82) is 5.26 Å². The van der Waals surface area contributed by atoms with Crippen LogP contribution in [0.15, 0.2) is 6.07 Å². The second kappa shape index (κ2) is 3.60. The first-order valence-electron chi connectivity index (χ1n) is 4.80. The average Bonchev–Trinajstić information content (AvgIpc) is 2.18. The number of halogens is 3. The van der Waals surface area contributed by atoms with E-state index in [0.717, 1.165) is 12.5 Å². The molecular formula is C11H8ClF2NO. The number of phenolic OH excluding ortho intramolecular Hbond substituents is 1. The largest absolute Gasteiger partial charge is 0.506 e. The average molecular weight is 244 g/mol. The molecule has 0 radical (unpaired) electrons. The molecule has 0 aliphatic heterocycles. The Morgan fingerprint density at radius 3 is 2.50 bits per heavy atom. The first kappa shape index (κ1) is 11.2. The number of aromatic hydroxyl groups is 1. The van der Waals surface area contributed by atoms with E-state index in [1.165, 1.54) is 0 Å². The topological polar surface area (TPSA) is 44.0 Å². The van der Waals surface area contributed by atoms with Crippen LogP contribution in [0.5, 0.6) is 5.75 Å². The number of hydrogen-bond donors (Lipinski definition) is 1. The maximum absolute atomic E-state index is 13.7. The third-order valence-electron chi connectivity index (χ3n) is 3.04. The lowest BCUT2D eigenvalue weighted by Gasteiger charge is -2.36. The zero-order valence-electron chi connectivity index (χ0n) is 8.23. The highest BCUT2D eigenvalue weighted by Gasteiger charge is 2.44. The molecule has 0 spiro atoms. The number of benzene rings is 1. The highest BCUT2D eigenvalue weighted by Crippen LogP contribution is 2.47. The maximum Gasteiger partial charge on any atom is 0.153 e. The molecule has 0 atom stereocenters. The predicted octanol–water partition coefficient (Wildman–Crippen LogP) is 3.27. The molecule has 0 bridgehead atoms. The van der Waals surface area contributed by atoms with Crippen LogP contribution in [0.4, 0.5) is 8.78 Å². The van der Waals surface area contributed by atoms with Crippen molar-refractivity contribution in [2.45, 2.75) is 24.7 Å². The fourth-order valence-electron chi connectivity index (χ4n) is 1.97. The molecular weight excluding hydrogens is 236 g/mol. The van der Waals surface area contributed by atoms with E-state index in [-0.39, 0.29) is 5.56 Å². The zero-order chi connectivity index (χ0) is 11.9. The van der Waals surface area contributed by atoms with E-state index in [2.05, 4.69) is 0 Å². The lowest BCUT2D eigenvalue weighted by molar-refractivity contribution is 0.300. The predicted molar refractivity (Wildman–Crippen MR) is 54.2 cm³/mol. The van der Waals surface area contributed by atoms with Crippen molar-refractivity contribution in [2.24, 2.45) is 0 Å². The van der Waals surface area contributed by atoms with E-state index in [1.807, 2.05) is 6.07 Å². The van der Waals surface area contributed by atoms with Crippen molar-refractivity contribution in [2.75, 3.05) is 0 Å². The Morgan fingerprint density at radius 1 is 1.44 bits per heavy atom. The van der Waals surface area contributed by atoms with Crippen LogP contribution in [0.2, 0.25) is 5.02 Å². The van der Waals surface area contributed by atoms with Crippen LogP contribution in [0, 0.1) is 23.0 Å². The number of nitriles is 1. The lowest BCUT2D eigenvalue weighted by Crippen LogP contribution is -2.34. The van der Waals surface area contributed by atoms with Crippen LogP contribution in [-0.2, 0) is 5.41 Å². The van der Waals surface area contributed by atoms with E-state index in [0.29, 0.717) is 12.8 Å². The number of nitrogens with zero attached hydrogens (tertiary/aromatic N) is 1. The fraction of sp³-hybridized carbons (Fsp3) is 0.364. The molecule has 0 unspecified atom stereocenters. The molecule has 1 aromatic carbocycles. The van der Waals surface area contributed by atoms with Gasteiger partial charge in [0.25, 0.3) is 0 Å². The molecule has 5 heteroatoms. The van der Waals surface area contributed by atoms with Gasteiger partial charge in [-0.05, 0) is 19.3 Å². The van der Waals surface area contributed by atoms with Gasteiger partial charge in [-0.1, -0.05) is 11.6 Å².